The lowest BCUT2D eigenvalue weighted by atomic mass is 10.0. The maximum Gasteiger partial charge on any atom is 0.194 e. The first-order chi connectivity index (χ1) is 15.0. The Labute approximate surface area is 177 Å². The van der Waals surface area contributed by atoms with Crippen LogP contribution >= 0.6 is 0 Å². The minimum Gasteiger partial charge on any atom is -0.369 e. The summed E-state index contributed by atoms with van der Waals surface area (Å²) in [5, 5.41) is 7.47. The molecule has 1 N–H and O–H groups in total. The van der Waals surface area contributed by atoms with Gasteiger partial charge in [0.25, 0.3) is 0 Å². The number of H-pyrrole nitrogens is 1. The summed E-state index contributed by atoms with van der Waals surface area (Å²) in [6.45, 7) is 4.06. The molecule has 31 heavy (non-hydrogen) atoms. The Balaban J connectivity index is 1.48. The summed E-state index contributed by atoms with van der Waals surface area (Å²) in [5.41, 5.74) is 3.96. The van der Waals surface area contributed by atoms with Crippen molar-refractivity contribution in [3.05, 3.63) is 66.1 Å². The first-order valence-electron chi connectivity index (χ1n) is 10.0. The molecule has 0 saturated carbocycles. The van der Waals surface area contributed by atoms with E-state index in [-0.39, 0.29) is 5.56 Å². The fourth-order valence-electron chi connectivity index (χ4n) is 3.91. The number of piperazine rings is 1. The minimum atomic E-state index is -1.49. The number of aromatic nitrogens is 3. The van der Waals surface area contributed by atoms with E-state index < -0.39 is 17.5 Å². The van der Waals surface area contributed by atoms with Crippen LogP contribution in [0.1, 0.15) is 0 Å². The lowest BCUT2D eigenvalue weighted by molar-refractivity contribution is 0.313. The van der Waals surface area contributed by atoms with Crippen LogP contribution in [-0.2, 0) is 0 Å². The average Bonchev–Trinajstić information content (AvgIpc) is 3.21. The second-order valence-electron chi connectivity index (χ2n) is 7.78. The van der Waals surface area contributed by atoms with Crippen LogP contribution in [0.2, 0.25) is 0 Å². The zero-order chi connectivity index (χ0) is 21.5. The molecule has 0 atom stereocenters. The Bertz CT molecular complexity index is 1220. The van der Waals surface area contributed by atoms with Crippen LogP contribution < -0.4 is 4.90 Å². The molecule has 5 rings (SSSR count). The molecular weight excluding hydrogens is 403 g/mol. The molecule has 0 bridgehead atoms. The van der Waals surface area contributed by atoms with Crippen LogP contribution in [0.5, 0.6) is 0 Å². The van der Waals surface area contributed by atoms with Gasteiger partial charge in [-0.15, -0.1) is 0 Å². The molecule has 158 valence electrons. The molecule has 0 aliphatic carbocycles. The zero-order valence-electron chi connectivity index (χ0n) is 16.9. The van der Waals surface area contributed by atoms with Gasteiger partial charge in [-0.25, -0.2) is 18.2 Å². The van der Waals surface area contributed by atoms with Gasteiger partial charge in [-0.1, -0.05) is 12.1 Å². The van der Waals surface area contributed by atoms with Gasteiger partial charge < -0.3 is 9.80 Å². The molecule has 0 unspecified atom stereocenters. The van der Waals surface area contributed by atoms with E-state index in [9.17, 15) is 13.2 Å². The lowest BCUT2D eigenvalue weighted by Gasteiger charge is -2.34. The highest BCUT2D eigenvalue weighted by Crippen LogP contribution is 2.31. The highest BCUT2D eigenvalue weighted by atomic mass is 19.2. The van der Waals surface area contributed by atoms with E-state index in [0.717, 1.165) is 49.4 Å². The SMILES string of the molecule is CN1CCN(c2ccc(-c3cnc4n[nH]c(-c5cc(F)c(F)c(F)c5)c4c3)cc2)CC1. The van der Waals surface area contributed by atoms with Crippen molar-refractivity contribution < 1.29 is 13.2 Å². The maximum absolute atomic E-state index is 13.7. The fraction of sp³-hybridized carbons (Fsp3) is 0.217. The normalized spacial score (nSPS) is 15.0. The number of hydrogen-bond donors (Lipinski definition) is 1. The van der Waals surface area contributed by atoms with Gasteiger partial charge in [0.15, 0.2) is 23.1 Å². The third-order valence-electron chi connectivity index (χ3n) is 5.75. The number of halogens is 3. The Hall–Kier alpha value is -3.39. The van der Waals surface area contributed by atoms with Crippen LogP contribution in [0.25, 0.3) is 33.4 Å². The Morgan fingerprint density at radius 2 is 1.52 bits per heavy atom. The highest BCUT2D eigenvalue weighted by molar-refractivity contribution is 5.93. The molecule has 4 aromatic rings. The molecular formula is C23H20F3N5. The van der Waals surface area contributed by atoms with Gasteiger partial charge in [0.05, 0.1) is 5.69 Å². The zero-order valence-corrected chi connectivity index (χ0v) is 16.9. The largest absolute Gasteiger partial charge is 0.369 e. The second kappa shape index (κ2) is 7.70. The first kappa shape index (κ1) is 19.6. The number of aromatic amines is 1. The molecule has 1 aliphatic heterocycles. The summed E-state index contributed by atoms with van der Waals surface area (Å²) in [6, 6.07) is 12.0. The Kier molecular flexibility index (Phi) is 4.86. The van der Waals surface area contributed by atoms with Crippen molar-refractivity contribution in [2.45, 2.75) is 0 Å². The molecule has 8 heteroatoms. The van der Waals surface area contributed by atoms with Crippen LogP contribution in [0.3, 0.4) is 0 Å². The molecule has 2 aromatic heterocycles. The molecule has 1 saturated heterocycles. The molecule has 3 heterocycles. The van der Waals surface area contributed by atoms with E-state index in [1.165, 1.54) is 5.69 Å². The number of likely N-dealkylation sites (N-methyl/N-ethyl adjacent to an activating group) is 1. The van der Waals surface area contributed by atoms with Crippen molar-refractivity contribution in [2.75, 3.05) is 38.1 Å². The van der Waals surface area contributed by atoms with Gasteiger partial charge in [0.1, 0.15) is 0 Å². The monoisotopic (exact) mass is 423 g/mol. The summed E-state index contributed by atoms with van der Waals surface area (Å²) >= 11 is 0. The fourth-order valence-corrected chi connectivity index (χ4v) is 3.91. The van der Waals surface area contributed by atoms with Crippen molar-refractivity contribution >= 4 is 16.7 Å². The number of rotatable bonds is 3. The predicted molar refractivity (Wildman–Crippen MR) is 114 cm³/mol. The van der Waals surface area contributed by atoms with Gasteiger partial charge in [0.2, 0.25) is 0 Å². The second-order valence-corrected chi connectivity index (χ2v) is 7.78. The van der Waals surface area contributed by atoms with Gasteiger partial charge >= 0.3 is 0 Å². The molecule has 0 radical (unpaired) electrons. The smallest absolute Gasteiger partial charge is 0.194 e. The molecule has 2 aromatic carbocycles. The van der Waals surface area contributed by atoms with E-state index in [2.05, 4.69) is 44.2 Å². The molecule has 0 amide bonds. The van der Waals surface area contributed by atoms with E-state index in [4.69, 9.17) is 0 Å². The minimum absolute atomic E-state index is 0.170. The number of nitrogens with one attached hydrogen (secondary N) is 1. The van der Waals surface area contributed by atoms with Gasteiger partial charge in [-0.2, -0.15) is 5.10 Å². The number of hydrogen-bond acceptors (Lipinski definition) is 4. The van der Waals surface area contributed by atoms with Crippen molar-refractivity contribution in [1.82, 2.24) is 20.1 Å². The summed E-state index contributed by atoms with van der Waals surface area (Å²) in [7, 11) is 2.13. The maximum atomic E-state index is 13.7. The highest BCUT2D eigenvalue weighted by Gasteiger charge is 2.17. The van der Waals surface area contributed by atoms with Crippen molar-refractivity contribution in [1.29, 1.82) is 0 Å². The standard InChI is InChI=1S/C23H20F3N5/c1-30-6-8-31(9-7-30)17-4-2-14(3-5-17)16-10-18-22(28-29-23(18)27-13-16)15-11-19(24)21(26)20(25)12-15/h2-5,10-13H,6-9H2,1H3,(H,27,28,29). The summed E-state index contributed by atoms with van der Waals surface area (Å²) in [4.78, 5) is 9.04. The van der Waals surface area contributed by atoms with Crippen molar-refractivity contribution in [3.8, 4) is 22.4 Å². The van der Waals surface area contributed by atoms with Crippen LogP contribution in [-0.4, -0.2) is 53.3 Å². The number of pyridine rings is 1. The number of anilines is 1. The summed E-state index contributed by atoms with van der Waals surface area (Å²) < 4.78 is 40.8. The third kappa shape index (κ3) is 3.63. The van der Waals surface area contributed by atoms with Crippen LogP contribution in [0.4, 0.5) is 18.9 Å². The number of fused-ring (bicyclic) bond motifs is 1. The molecule has 1 fully saturated rings. The van der Waals surface area contributed by atoms with Crippen LogP contribution in [0, 0.1) is 17.5 Å². The predicted octanol–water partition coefficient (Wildman–Crippen LogP) is 4.46. The van der Waals surface area contributed by atoms with E-state index >= 15 is 0 Å². The van der Waals surface area contributed by atoms with E-state index in [1.807, 2.05) is 18.2 Å². The van der Waals surface area contributed by atoms with E-state index in [0.29, 0.717) is 16.7 Å². The third-order valence-corrected chi connectivity index (χ3v) is 5.75. The summed E-state index contributed by atoms with van der Waals surface area (Å²) in [6.07, 6.45) is 1.71. The quantitative estimate of drug-likeness (QED) is 0.495. The topological polar surface area (TPSA) is 48.1 Å². The van der Waals surface area contributed by atoms with Crippen LogP contribution in [0.15, 0.2) is 48.7 Å². The van der Waals surface area contributed by atoms with Gasteiger partial charge in [-0.05, 0) is 42.9 Å². The van der Waals surface area contributed by atoms with Crippen molar-refractivity contribution in [3.63, 3.8) is 0 Å². The first-order valence-corrected chi connectivity index (χ1v) is 10.0. The lowest BCUT2D eigenvalue weighted by Crippen LogP contribution is -2.44. The number of benzene rings is 2. The Morgan fingerprint density at radius 1 is 0.839 bits per heavy atom. The van der Waals surface area contributed by atoms with Gasteiger partial charge in [0, 0.05) is 54.6 Å². The number of nitrogens with zero attached hydrogens (tertiary/aromatic N) is 4. The Morgan fingerprint density at radius 3 is 2.19 bits per heavy atom. The van der Waals surface area contributed by atoms with E-state index in [1.54, 1.807) is 6.20 Å². The molecule has 0 spiro atoms. The molecule has 1 aliphatic rings. The average molecular weight is 423 g/mol. The van der Waals surface area contributed by atoms with Gasteiger partial charge in [-0.3, -0.25) is 5.10 Å². The summed E-state index contributed by atoms with van der Waals surface area (Å²) in [5.74, 6) is -3.99. The molecule has 5 nitrogen and oxygen atoms in total. The van der Waals surface area contributed by atoms with Crippen molar-refractivity contribution in [2.24, 2.45) is 0 Å².